The Morgan fingerprint density at radius 2 is 2.00 bits per heavy atom. The maximum absolute atomic E-state index is 5.95. The standard InChI is InChI=1S/C11H24N2/c1-9(12)11(2,3)8-13(4)10-6-5-7-10/h9-10H,5-8,12H2,1-4H3. The molecule has 0 heterocycles. The predicted octanol–water partition coefficient (Wildman–Crippen LogP) is 1.84. The number of rotatable bonds is 4. The lowest BCUT2D eigenvalue weighted by atomic mass is 9.83. The van der Waals surface area contributed by atoms with Gasteiger partial charge in [-0.15, -0.1) is 0 Å². The second-order valence-corrected chi connectivity index (χ2v) is 5.28. The molecule has 0 bridgehead atoms. The van der Waals surface area contributed by atoms with Gasteiger partial charge in [0.15, 0.2) is 0 Å². The quantitative estimate of drug-likeness (QED) is 0.722. The van der Waals surface area contributed by atoms with Crippen molar-refractivity contribution in [2.45, 2.75) is 52.1 Å². The van der Waals surface area contributed by atoms with Crippen molar-refractivity contribution in [1.29, 1.82) is 0 Å². The summed E-state index contributed by atoms with van der Waals surface area (Å²) in [7, 11) is 2.23. The van der Waals surface area contributed by atoms with Crippen LogP contribution in [0.2, 0.25) is 0 Å². The van der Waals surface area contributed by atoms with E-state index in [1.54, 1.807) is 0 Å². The van der Waals surface area contributed by atoms with Crippen LogP contribution in [0.4, 0.5) is 0 Å². The summed E-state index contributed by atoms with van der Waals surface area (Å²) in [5, 5.41) is 0. The van der Waals surface area contributed by atoms with Crippen molar-refractivity contribution >= 4 is 0 Å². The van der Waals surface area contributed by atoms with Gasteiger partial charge in [0, 0.05) is 18.6 Å². The van der Waals surface area contributed by atoms with Gasteiger partial charge in [-0.2, -0.15) is 0 Å². The molecule has 0 spiro atoms. The molecule has 1 aliphatic rings. The highest BCUT2D eigenvalue weighted by Gasteiger charge is 2.29. The van der Waals surface area contributed by atoms with E-state index in [1.165, 1.54) is 19.3 Å². The third kappa shape index (κ3) is 2.68. The lowest BCUT2D eigenvalue weighted by molar-refractivity contribution is 0.0989. The maximum atomic E-state index is 5.95. The summed E-state index contributed by atoms with van der Waals surface area (Å²) >= 11 is 0. The molecule has 0 aromatic heterocycles. The number of nitrogens with two attached hydrogens (primary N) is 1. The third-order valence-corrected chi connectivity index (χ3v) is 3.59. The Morgan fingerprint density at radius 1 is 1.46 bits per heavy atom. The molecule has 1 rings (SSSR count). The number of nitrogens with zero attached hydrogens (tertiary/aromatic N) is 1. The second kappa shape index (κ2) is 3.97. The minimum atomic E-state index is 0.240. The van der Waals surface area contributed by atoms with Crippen LogP contribution in [0.15, 0.2) is 0 Å². The average Bonchev–Trinajstić information content (AvgIpc) is 1.80. The Balaban J connectivity index is 2.37. The molecule has 78 valence electrons. The van der Waals surface area contributed by atoms with Crippen molar-refractivity contribution < 1.29 is 0 Å². The summed E-state index contributed by atoms with van der Waals surface area (Å²) in [4.78, 5) is 2.48. The predicted molar refractivity (Wildman–Crippen MR) is 57.7 cm³/mol. The Morgan fingerprint density at radius 3 is 2.31 bits per heavy atom. The zero-order valence-electron chi connectivity index (χ0n) is 9.51. The van der Waals surface area contributed by atoms with Gasteiger partial charge in [-0.3, -0.25) is 0 Å². The molecule has 0 saturated heterocycles. The second-order valence-electron chi connectivity index (χ2n) is 5.28. The molecule has 1 aliphatic carbocycles. The Hall–Kier alpha value is -0.0800. The molecular formula is C11H24N2. The lowest BCUT2D eigenvalue weighted by Gasteiger charge is -2.41. The molecule has 0 aliphatic heterocycles. The zero-order valence-corrected chi connectivity index (χ0v) is 9.51. The zero-order chi connectivity index (χ0) is 10.1. The first kappa shape index (κ1) is 11.0. The SMILES string of the molecule is CC(N)C(C)(C)CN(C)C1CCC1. The van der Waals surface area contributed by atoms with E-state index in [2.05, 4.69) is 32.7 Å². The molecule has 1 atom stereocenters. The van der Waals surface area contributed by atoms with Crippen LogP contribution >= 0.6 is 0 Å². The molecule has 1 unspecified atom stereocenters. The van der Waals surface area contributed by atoms with E-state index in [4.69, 9.17) is 5.73 Å². The van der Waals surface area contributed by atoms with Gasteiger partial charge in [0.1, 0.15) is 0 Å². The van der Waals surface area contributed by atoms with Crippen molar-refractivity contribution in [2.75, 3.05) is 13.6 Å². The van der Waals surface area contributed by atoms with E-state index >= 15 is 0 Å². The fourth-order valence-corrected chi connectivity index (χ4v) is 1.74. The highest BCUT2D eigenvalue weighted by Crippen LogP contribution is 2.28. The van der Waals surface area contributed by atoms with Gasteiger partial charge in [0.2, 0.25) is 0 Å². The van der Waals surface area contributed by atoms with Crippen LogP contribution in [-0.4, -0.2) is 30.6 Å². The van der Waals surface area contributed by atoms with Gasteiger partial charge >= 0.3 is 0 Å². The van der Waals surface area contributed by atoms with Gasteiger partial charge in [-0.25, -0.2) is 0 Å². The molecule has 1 saturated carbocycles. The van der Waals surface area contributed by atoms with Crippen LogP contribution in [0.25, 0.3) is 0 Å². The molecule has 0 aromatic rings. The maximum Gasteiger partial charge on any atom is 0.00924 e. The number of hydrogen-bond acceptors (Lipinski definition) is 2. The van der Waals surface area contributed by atoms with Crippen LogP contribution in [-0.2, 0) is 0 Å². The molecule has 0 amide bonds. The first-order chi connectivity index (χ1) is 5.93. The van der Waals surface area contributed by atoms with Crippen molar-refractivity contribution in [3.05, 3.63) is 0 Å². The molecule has 0 aromatic carbocycles. The molecule has 2 nitrogen and oxygen atoms in total. The third-order valence-electron chi connectivity index (χ3n) is 3.59. The fourth-order valence-electron chi connectivity index (χ4n) is 1.74. The van der Waals surface area contributed by atoms with Crippen molar-refractivity contribution in [3.8, 4) is 0 Å². The Labute approximate surface area is 82.5 Å². The number of hydrogen-bond donors (Lipinski definition) is 1. The van der Waals surface area contributed by atoms with Crippen LogP contribution in [0.5, 0.6) is 0 Å². The van der Waals surface area contributed by atoms with Gasteiger partial charge in [-0.1, -0.05) is 20.3 Å². The Kier molecular flexibility index (Phi) is 3.36. The van der Waals surface area contributed by atoms with Crippen LogP contribution in [0.1, 0.15) is 40.0 Å². The van der Waals surface area contributed by atoms with Crippen molar-refractivity contribution in [1.82, 2.24) is 4.90 Å². The summed E-state index contributed by atoms with van der Waals surface area (Å²) in [5.74, 6) is 0. The monoisotopic (exact) mass is 184 g/mol. The molecule has 2 heteroatoms. The van der Waals surface area contributed by atoms with Crippen molar-refractivity contribution in [2.24, 2.45) is 11.1 Å². The first-order valence-electron chi connectivity index (χ1n) is 5.39. The van der Waals surface area contributed by atoms with Crippen molar-refractivity contribution in [3.63, 3.8) is 0 Å². The van der Waals surface area contributed by atoms with Crippen LogP contribution in [0.3, 0.4) is 0 Å². The fraction of sp³-hybridized carbons (Fsp3) is 1.00. The molecular weight excluding hydrogens is 160 g/mol. The summed E-state index contributed by atoms with van der Waals surface area (Å²) in [6.45, 7) is 7.74. The summed E-state index contributed by atoms with van der Waals surface area (Å²) in [6.07, 6.45) is 4.17. The van der Waals surface area contributed by atoms with E-state index < -0.39 is 0 Å². The van der Waals surface area contributed by atoms with Gasteiger partial charge in [0.05, 0.1) is 0 Å². The highest BCUT2D eigenvalue weighted by molar-refractivity contribution is 4.85. The van der Waals surface area contributed by atoms with Gasteiger partial charge in [0.25, 0.3) is 0 Å². The minimum Gasteiger partial charge on any atom is -0.327 e. The lowest BCUT2D eigenvalue weighted by Crippen LogP contribution is -2.47. The molecule has 13 heavy (non-hydrogen) atoms. The van der Waals surface area contributed by atoms with Gasteiger partial charge in [-0.05, 0) is 32.2 Å². The average molecular weight is 184 g/mol. The van der Waals surface area contributed by atoms with E-state index in [1.807, 2.05) is 0 Å². The van der Waals surface area contributed by atoms with Gasteiger partial charge < -0.3 is 10.6 Å². The largest absolute Gasteiger partial charge is 0.327 e. The summed E-state index contributed by atoms with van der Waals surface area (Å²) in [5.41, 5.74) is 6.19. The highest BCUT2D eigenvalue weighted by atomic mass is 15.1. The minimum absolute atomic E-state index is 0.240. The topological polar surface area (TPSA) is 29.3 Å². The summed E-state index contributed by atoms with van der Waals surface area (Å²) < 4.78 is 0. The first-order valence-corrected chi connectivity index (χ1v) is 5.39. The van der Waals surface area contributed by atoms with E-state index in [-0.39, 0.29) is 11.5 Å². The van der Waals surface area contributed by atoms with E-state index in [0.717, 1.165) is 12.6 Å². The normalized spacial score (nSPS) is 21.7. The Bertz CT molecular complexity index is 159. The van der Waals surface area contributed by atoms with E-state index in [0.29, 0.717) is 0 Å². The molecule has 2 N–H and O–H groups in total. The van der Waals surface area contributed by atoms with Crippen LogP contribution in [0, 0.1) is 5.41 Å². The van der Waals surface area contributed by atoms with E-state index in [9.17, 15) is 0 Å². The molecule has 0 radical (unpaired) electrons. The van der Waals surface area contributed by atoms with Crippen LogP contribution < -0.4 is 5.73 Å². The summed E-state index contributed by atoms with van der Waals surface area (Å²) in [6, 6.07) is 1.10. The smallest absolute Gasteiger partial charge is 0.00924 e. The molecule has 1 fully saturated rings.